The largest absolute Gasteiger partial charge is 0.312 e. The molecule has 1 nitrogen and oxygen atoms in total. The standard InChI is InChI=1S/C17H24BrNS/c1-16-6-11-5-12(7-16)9-17(8-11,10-16)15(19-2)14-13(18)3-4-20-14/h3-4,11-12,15,19H,5-10H2,1-2H3. The van der Waals surface area contributed by atoms with Gasteiger partial charge in [0.15, 0.2) is 0 Å². The van der Waals surface area contributed by atoms with Gasteiger partial charge in [-0.05, 0) is 95.6 Å². The molecule has 1 N–H and O–H groups in total. The van der Waals surface area contributed by atoms with Crippen molar-refractivity contribution in [3.05, 3.63) is 20.8 Å². The van der Waals surface area contributed by atoms with Gasteiger partial charge in [0, 0.05) is 15.4 Å². The van der Waals surface area contributed by atoms with Crippen LogP contribution in [0.4, 0.5) is 0 Å². The maximum absolute atomic E-state index is 3.77. The maximum atomic E-state index is 3.77. The smallest absolute Gasteiger partial charge is 0.0481 e. The first-order chi connectivity index (χ1) is 9.54. The van der Waals surface area contributed by atoms with Gasteiger partial charge in [-0.3, -0.25) is 0 Å². The zero-order valence-electron chi connectivity index (χ0n) is 12.4. The van der Waals surface area contributed by atoms with Gasteiger partial charge in [0.05, 0.1) is 0 Å². The number of hydrogen-bond acceptors (Lipinski definition) is 2. The molecule has 4 bridgehead atoms. The van der Waals surface area contributed by atoms with Crippen LogP contribution >= 0.6 is 27.3 Å². The van der Waals surface area contributed by atoms with Gasteiger partial charge < -0.3 is 5.32 Å². The molecular formula is C17H24BrNS. The molecule has 4 fully saturated rings. The van der Waals surface area contributed by atoms with Crippen molar-refractivity contribution in [1.29, 1.82) is 0 Å². The zero-order valence-corrected chi connectivity index (χ0v) is 14.8. The first kappa shape index (κ1) is 13.8. The van der Waals surface area contributed by atoms with Crippen LogP contribution in [0.5, 0.6) is 0 Å². The number of rotatable bonds is 3. The Hall–Kier alpha value is 0.140. The lowest BCUT2D eigenvalue weighted by Crippen LogP contribution is -2.54. The summed E-state index contributed by atoms with van der Waals surface area (Å²) in [5.41, 5.74) is 1.14. The third-order valence-corrected chi connectivity index (χ3v) is 8.14. The molecule has 0 radical (unpaired) electrons. The van der Waals surface area contributed by atoms with Gasteiger partial charge >= 0.3 is 0 Å². The minimum Gasteiger partial charge on any atom is -0.312 e. The van der Waals surface area contributed by atoms with Gasteiger partial charge in [0.2, 0.25) is 0 Å². The summed E-state index contributed by atoms with van der Waals surface area (Å²) in [7, 11) is 2.16. The first-order valence-electron chi connectivity index (χ1n) is 7.94. The molecule has 3 heteroatoms. The van der Waals surface area contributed by atoms with Crippen LogP contribution in [-0.4, -0.2) is 7.05 Å². The molecule has 4 aliphatic carbocycles. The Morgan fingerprint density at radius 1 is 1.30 bits per heavy atom. The molecule has 3 atom stereocenters. The number of nitrogens with one attached hydrogen (secondary N) is 1. The lowest BCUT2D eigenvalue weighted by Gasteiger charge is -2.63. The Labute approximate surface area is 134 Å². The lowest BCUT2D eigenvalue weighted by atomic mass is 9.43. The summed E-state index contributed by atoms with van der Waals surface area (Å²) < 4.78 is 1.31. The van der Waals surface area contributed by atoms with E-state index in [0.717, 1.165) is 11.8 Å². The zero-order chi connectivity index (χ0) is 14.0. The lowest BCUT2D eigenvalue weighted by molar-refractivity contribution is -0.117. The van der Waals surface area contributed by atoms with Crippen LogP contribution in [0.25, 0.3) is 0 Å². The van der Waals surface area contributed by atoms with Gasteiger partial charge in [0.1, 0.15) is 0 Å². The van der Waals surface area contributed by atoms with Gasteiger partial charge in [-0.1, -0.05) is 6.92 Å². The van der Waals surface area contributed by atoms with Crippen molar-refractivity contribution in [3.8, 4) is 0 Å². The van der Waals surface area contributed by atoms with Crippen LogP contribution in [0.3, 0.4) is 0 Å². The van der Waals surface area contributed by atoms with E-state index in [0.29, 0.717) is 16.9 Å². The Morgan fingerprint density at radius 3 is 2.50 bits per heavy atom. The van der Waals surface area contributed by atoms with E-state index in [-0.39, 0.29) is 0 Å². The van der Waals surface area contributed by atoms with Crippen molar-refractivity contribution >= 4 is 27.3 Å². The molecular weight excluding hydrogens is 330 g/mol. The molecule has 0 saturated heterocycles. The second-order valence-corrected chi connectivity index (χ2v) is 9.79. The summed E-state index contributed by atoms with van der Waals surface area (Å²) in [5, 5.41) is 5.93. The first-order valence-corrected chi connectivity index (χ1v) is 9.61. The quantitative estimate of drug-likeness (QED) is 0.769. The van der Waals surface area contributed by atoms with Crippen LogP contribution in [0, 0.1) is 22.7 Å². The molecule has 20 heavy (non-hydrogen) atoms. The highest BCUT2D eigenvalue weighted by Crippen LogP contribution is 2.68. The number of hydrogen-bond donors (Lipinski definition) is 1. The van der Waals surface area contributed by atoms with Crippen molar-refractivity contribution in [3.63, 3.8) is 0 Å². The summed E-state index contributed by atoms with van der Waals surface area (Å²) in [6.07, 6.45) is 8.84. The van der Waals surface area contributed by atoms with Gasteiger partial charge in [-0.25, -0.2) is 0 Å². The SMILES string of the molecule is CNC(c1sccc1Br)C12CC3CC(CC(C)(C3)C1)C2. The van der Waals surface area contributed by atoms with Crippen LogP contribution in [0.2, 0.25) is 0 Å². The van der Waals surface area contributed by atoms with E-state index >= 15 is 0 Å². The minimum absolute atomic E-state index is 0.515. The van der Waals surface area contributed by atoms with Gasteiger partial charge in [0.25, 0.3) is 0 Å². The van der Waals surface area contributed by atoms with Crippen LogP contribution in [0.15, 0.2) is 15.9 Å². The van der Waals surface area contributed by atoms with Gasteiger partial charge in [-0.15, -0.1) is 11.3 Å². The van der Waals surface area contributed by atoms with Crippen molar-refractivity contribution in [2.24, 2.45) is 22.7 Å². The summed E-state index contributed by atoms with van der Waals surface area (Å²) in [6, 6.07) is 2.76. The number of thiophene rings is 1. The average molecular weight is 354 g/mol. The molecule has 0 aliphatic heterocycles. The summed E-state index contributed by atoms with van der Waals surface area (Å²) in [6.45, 7) is 2.56. The van der Waals surface area contributed by atoms with E-state index < -0.39 is 0 Å². The van der Waals surface area contributed by atoms with E-state index in [1.54, 1.807) is 0 Å². The molecule has 110 valence electrons. The summed E-state index contributed by atoms with van der Waals surface area (Å²) in [4.78, 5) is 1.53. The summed E-state index contributed by atoms with van der Waals surface area (Å²) in [5.74, 6) is 1.99. The highest BCUT2D eigenvalue weighted by molar-refractivity contribution is 9.10. The fourth-order valence-electron chi connectivity index (χ4n) is 6.36. The molecule has 0 spiro atoms. The predicted octanol–water partition coefficient (Wildman–Crippen LogP) is 5.38. The van der Waals surface area contributed by atoms with Crippen molar-refractivity contribution < 1.29 is 0 Å². The Bertz CT molecular complexity index is 509. The highest BCUT2D eigenvalue weighted by atomic mass is 79.9. The molecule has 1 aromatic rings. The van der Waals surface area contributed by atoms with Crippen molar-refractivity contribution in [2.75, 3.05) is 7.05 Å². The minimum atomic E-state index is 0.515. The highest BCUT2D eigenvalue weighted by Gasteiger charge is 2.58. The predicted molar refractivity (Wildman–Crippen MR) is 89.0 cm³/mol. The van der Waals surface area contributed by atoms with Crippen LogP contribution in [-0.2, 0) is 0 Å². The third kappa shape index (κ3) is 1.96. The molecule has 1 heterocycles. The van der Waals surface area contributed by atoms with E-state index in [2.05, 4.69) is 46.7 Å². The molecule has 3 unspecified atom stereocenters. The molecule has 4 aliphatic rings. The van der Waals surface area contributed by atoms with Crippen molar-refractivity contribution in [1.82, 2.24) is 5.32 Å². The molecule has 5 rings (SSSR count). The monoisotopic (exact) mass is 353 g/mol. The normalized spacial score (nSPS) is 44.0. The molecule has 0 amide bonds. The van der Waals surface area contributed by atoms with E-state index in [9.17, 15) is 0 Å². The summed E-state index contributed by atoms with van der Waals surface area (Å²) >= 11 is 5.69. The van der Waals surface area contributed by atoms with E-state index in [4.69, 9.17) is 0 Å². The second kappa shape index (κ2) is 4.57. The fraction of sp³-hybridized carbons (Fsp3) is 0.765. The maximum Gasteiger partial charge on any atom is 0.0481 e. The molecule has 0 aromatic carbocycles. The Kier molecular flexibility index (Phi) is 3.15. The van der Waals surface area contributed by atoms with E-state index in [1.165, 1.54) is 47.9 Å². The topological polar surface area (TPSA) is 12.0 Å². The average Bonchev–Trinajstić information content (AvgIpc) is 2.73. The van der Waals surface area contributed by atoms with Gasteiger partial charge in [-0.2, -0.15) is 0 Å². The molecule has 4 saturated carbocycles. The number of halogens is 1. The van der Waals surface area contributed by atoms with E-state index in [1.807, 2.05) is 11.3 Å². The second-order valence-electron chi connectivity index (χ2n) is 7.99. The third-order valence-electron chi connectivity index (χ3n) is 6.21. The van der Waals surface area contributed by atoms with Crippen LogP contribution in [0.1, 0.15) is 56.4 Å². The van der Waals surface area contributed by atoms with Crippen molar-refractivity contribution in [2.45, 2.75) is 51.5 Å². The Morgan fingerprint density at radius 2 is 2.00 bits per heavy atom. The fourth-order valence-corrected chi connectivity index (χ4v) is 8.21. The molecule has 1 aromatic heterocycles. The Balaban J connectivity index is 1.74. The van der Waals surface area contributed by atoms with Crippen LogP contribution < -0.4 is 5.32 Å².